The highest BCUT2D eigenvalue weighted by Gasteiger charge is 1.98. The van der Waals surface area contributed by atoms with Gasteiger partial charge in [-0.25, -0.2) is 4.98 Å². The molecule has 2 heteroatoms. The van der Waals surface area contributed by atoms with Gasteiger partial charge < -0.3 is 0 Å². The molecule has 0 bridgehead atoms. The van der Waals surface area contributed by atoms with Gasteiger partial charge in [0.25, 0.3) is 5.56 Å². The van der Waals surface area contributed by atoms with Crippen molar-refractivity contribution in [1.82, 2.24) is 4.98 Å². The van der Waals surface area contributed by atoms with E-state index in [0.717, 1.165) is 18.4 Å². The van der Waals surface area contributed by atoms with Gasteiger partial charge in [-0.3, -0.25) is 4.79 Å². The average Bonchev–Trinajstić information content (AvgIpc) is 2.66. The summed E-state index contributed by atoms with van der Waals surface area (Å²) in [5.74, 6) is 0. The van der Waals surface area contributed by atoms with Crippen LogP contribution in [0.5, 0.6) is 0 Å². The smallest absolute Gasteiger partial charge is 0.267 e. The highest BCUT2D eigenvalue weighted by Crippen LogP contribution is 2.11. The van der Waals surface area contributed by atoms with Gasteiger partial charge in [-0.05, 0) is 18.9 Å². The van der Waals surface area contributed by atoms with Crippen molar-refractivity contribution < 1.29 is 0 Å². The van der Waals surface area contributed by atoms with Gasteiger partial charge >= 0.3 is 0 Å². The normalized spacial score (nSPS) is 10.7. The number of aryl methyl sites for hydroxylation is 1. The van der Waals surface area contributed by atoms with Crippen LogP contribution in [0, 0.1) is 0 Å². The minimum atomic E-state index is -0.0640. The first kappa shape index (κ1) is 16.9. The highest BCUT2D eigenvalue weighted by atomic mass is 16.1. The molecule has 0 fully saturated rings. The molecule has 1 rings (SSSR count). The van der Waals surface area contributed by atoms with Crippen molar-refractivity contribution >= 4 is 0 Å². The van der Waals surface area contributed by atoms with Crippen molar-refractivity contribution in [2.24, 2.45) is 0 Å². The van der Waals surface area contributed by atoms with Gasteiger partial charge in [0.1, 0.15) is 0 Å². The van der Waals surface area contributed by atoms with Gasteiger partial charge in [0, 0.05) is 11.8 Å². The van der Waals surface area contributed by atoms with Crippen LogP contribution in [-0.4, -0.2) is 4.98 Å². The zero-order valence-electron chi connectivity index (χ0n) is 12.9. The summed E-state index contributed by atoms with van der Waals surface area (Å²) in [4.78, 5) is 15.4. The zero-order valence-corrected chi connectivity index (χ0v) is 12.9. The van der Waals surface area contributed by atoms with Gasteiger partial charge in [0.05, 0.1) is 0 Å². The fourth-order valence-corrected chi connectivity index (χ4v) is 2.48. The minimum Gasteiger partial charge on any atom is -0.267 e. The molecule has 0 aliphatic rings. The molecule has 112 valence electrons. The molecule has 0 unspecified atom stereocenters. The number of hydrogen-bond acceptors (Lipinski definition) is 2. The van der Waals surface area contributed by atoms with Gasteiger partial charge in [-0.15, -0.1) is 0 Å². The van der Waals surface area contributed by atoms with Crippen LogP contribution >= 0.6 is 0 Å². The maximum atomic E-state index is 11.6. The summed E-state index contributed by atoms with van der Waals surface area (Å²) in [5, 5.41) is 0. The van der Waals surface area contributed by atoms with Crippen LogP contribution in [0.1, 0.15) is 76.7 Å². The first-order valence-corrected chi connectivity index (χ1v) is 8.29. The Morgan fingerprint density at radius 3 is 2.10 bits per heavy atom. The zero-order chi connectivity index (χ0) is 14.5. The second-order valence-corrected chi connectivity index (χ2v) is 5.59. The van der Waals surface area contributed by atoms with E-state index in [9.17, 15) is 4.79 Å². The standard InChI is InChI=1S/C18H29NO/c1-2-3-4-5-6-7-8-9-10-11-14-17-15-12-13-16-19-18(17)20/h12-13,15-16H,2-11,14H2,1H3. The fraction of sp³-hybridized carbons (Fsp3) is 0.667. The maximum absolute atomic E-state index is 11.6. The molecule has 20 heavy (non-hydrogen) atoms. The topological polar surface area (TPSA) is 30.0 Å². The van der Waals surface area contributed by atoms with Crippen LogP contribution in [0.4, 0.5) is 0 Å². The second kappa shape index (κ2) is 11.6. The maximum Gasteiger partial charge on any atom is 0.272 e. The van der Waals surface area contributed by atoms with Crippen LogP contribution in [0.25, 0.3) is 0 Å². The molecule has 0 aliphatic carbocycles. The van der Waals surface area contributed by atoms with Crippen LogP contribution in [-0.2, 0) is 6.42 Å². The molecule has 1 aromatic heterocycles. The Morgan fingerprint density at radius 2 is 1.45 bits per heavy atom. The van der Waals surface area contributed by atoms with E-state index < -0.39 is 0 Å². The summed E-state index contributed by atoms with van der Waals surface area (Å²) >= 11 is 0. The molecule has 0 spiro atoms. The Bertz CT molecular complexity index is 403. The van der Waals surface area contributed by atoms with E-state index in [4.69, 9.17) is 0 Å². The van der Waals surface area contributed by atoms with Crippen molar-refractivity contribution in [3.8, 4) is 0 Å². The number of nitrogens with zero attached hydrogens (tertiary/aromatic N) is 1. The summed E-state index contributed by atoms with van der Waals surface area (Å²) < 4.78 is 0. The lowest BCUT2D eigenvalue weighted by Crippen LogP contribution is -2.08. The third-order valence-corrected chi connectivity index (χ3v) is 3.76. The van der Waals surface area contributed by atoms with Crippen molar-refractivity contribution in [3.63, 3.8) is 0 Å². The molecule has 0 aromatic carbocycles. The largest absolute Gasteiger partial charge is 0.272 e. The number of aromatic nitrogens is 1. The van der Waals surface area contributed by atoms with Crippen LogP contribution in [0.3, 0.4) is 0 Å². The number of unbranched alkanes of at least 4 members (excludes halogenated alkanes) is 9. The first-order valence-electron chi connectivity index (χ1n) is 8.29. The Balaban J connectivity index is 2.00. The summed E-state index contributed by atoms with van der Waals surface area (Å²) in [5.41, 5.74) is 0.792. The Hall–Kier alpha value is -1.18. The summed E-state index contributed by atoms with van der Waals surface area (Å²) in [6.45, 7) is 2.26. The predicted molar refractivity (Wildman–Crippen MR) is 86.1 cm³/mol. The third-order valence-electron chi connectivity index (χ3n) is 3.76. The van der Waals surface area contributed by atoms with E-state index >= 15 is 0 Å². The third kappa shape index (κ3) is 8.08. The van der Waals surface area contributed by atoms with Crippen LogP contribution in [0.2, 0.25) is 0 Å². The molecule has 0 amide bonds. The first-order chi connectivity index (χ1) is 9.84. The molecule has 0 saturated carbocycles. The summed E-state index contributed by atoms with van der Waals surface area (Å²) in [6.07, 6.45) is 15.7. The van der Waals surface area contributed by atoms with Gasteiger partial charge in [0.2, 0.25) is 0 Å². The molecule has 0 radical (unpaired) electrons. The lowest BCUT2D eigenvalue weighted by molar-refractivity contribution is 0.556. The van der Waals surface area contributed by atoms with Crippen molar-refractivity contribution in [1.29, 1.82) is 0 Å². The molecule has 0 saturated heterocycles. The van der Waals surface area contributed by atoms with Crippen LogP contribution < -0.4 is 5.56 Å². The fourth-order valence-electron chi connectivity index (χ4n) is 2.48. The van der Waals surface area contributed by atoms with Gasteiger partial charge in [0.15, 0.2) is 0 Å². The summed E-state index contributed by atoms with van der Waals surface area (Å²) in [6, 6.07) is 5.62. The molecule has 1 heterocycles. The van der Waals surface area contributed by atoms with E-state index in [2.05, 4.69) is 11.9 Å². The lowest BCUT2D eigenvalue weighted by atomic mass is 10.0. The predicted octanol–water partition coefficient (Wildman–Crippen LogP) is 4.91. The lowest BCUT2D eigenvalue weighted by Gasteiger charge is -2.02. The molecule has 0 N–H and O–H groups in total. The molecule has 2 nitrogen and oxygen atoms in total. The molecular formula is C18H29NO. The van der Waals surface area contributed by atoms with E-state index in [1.807, 2.05) is 18.2 Å². The van der Waals surface area contributed by atoms with Gasteiger partial charge in [-0.1, -0.05) is 76.8 Å². The second-order valence-electron chi connectivity index (χ2n) is 5.59. The minimum absolute atomic E-state index is 0.0640. The molecule has 0 aliphatic heterocycles. The number of rotatable bonds is 11. The van der Waals surface area contributed by atoms with Crippen molar-refractivity contribution in [2.75, 3.05) is 0 Å². The van der Waals surface area contributed by atoms with Gasteiger partial charge in [-0.2, -0.15) is 0 Å². The van der Waals surface area contributed by atoms with E-state index in [1.54, 1.807) is 6.20 Å². The quantitative estimate of drug-likeness (QED) is 0.537. The Morgan fingerprint density at radius 1 is 0.850 bits per heavy atom. The van der Waals surface area contributed by atoms with Crippen molar-refractivity contribution in [3.05, 3.63) is 40.3 Å². The van der Waals surface area contributed by atoms with Crippen LogP contribution in [0.15, 0.2) is 29.2 Å². The van der Waals surface area contributed by atoms with E-state index in [0.29, 0.717) is 0 Å². The molecule has 0 atom stereocenters. The van der Waals surface area contributed by atoms with E-state index in [-0.39, 0.29) is 5.56 Å². The number of hydrogen-bond donors (Lipinski definition) is 0. The molecule has 1 aromatic rings. The Kier molecular flexibility index (Phi) is 9.81. The highest BCUT2D eigenvalue weighted by molar-refractivity contribution is 5.08. The monoisotopic (exact) mass is 275 g/mol. The summed E-state index contributed by atoms with van der Waals surface area (Å²) in [7, 11) is 0. The van der Waals surface area contributed by atoms with E-state index in [1.165, 1.54) is 57.8 Å². The Labute approximate surface area is 123 Å². The molecular weight excluding hydrogens is 246 g/mol. The van der Waals surface area contributed by atoms with Crippen molar-refractivity contribution in [2.45, 2.75) is 77.6 Å². The SMILES string of the molecule is CCCCCCCCCCCCc1ccccnc1=O. The average molecular weight is 275 g/mol.